The molecule has 0 bridgehead atoms. The van der Waals surface area contributed by atoms with Gasteiger partial charge in [-0.15, -0.1) is 0 Å². The molecule has 2 aliphatic rings. The van der Waals surface area contributed by atoms with E-state index in [2.05, 4.69) is 10.3 Å². The van der Waals surface area contributed by atoms with Gasteiger partial charge in [0.25, 0.3) is 5.69 Å². The normalized spacial score (nSPS) is 19.5. The second-order valence-electron chi connectivity index (χ2n) is 6.37. The summed E-state index contributed by atoms with van der Waals surface area (Å²) in [5.74, 6) is -1.86. The molecule has 0 spiro atoms. The second-order valence-corrected chi connectivity index (χ2v) is 6.37. The molecule has 8 heteroatoms. The van der Waals surface area contributed by atoms with E-state index in [1.165, 1.54) is 18.2 Å². The largest absolute Gasteiger partial charge is 0.341 e. The summed E-state index contributed by atoms with van der Waals surface area (Å²) in [6.45, 7) is 0. The molecule has 27 heavy (non-hydrogen) atoms. The molecule has 1 unspecified atom stereocenters. The zero-order valence-corrected chi connectivity index (χ0v) is 13.9. The van der Waals surface area contributed by atoms with Gasteiger partial charge in [-0.1, -0.05) is 36.4 Å². The zero-order valence-electron chi connectivity index (χ0n) is 13.9. The first-order valence-electron chi connectivity index (χ1n) is 8.25. The third kappa shape index (κ3) is 2.80. The van der Waals surface area contributed by atoms with Crippen molar-refractivity contribution in [2.75, 3.05) is 0 Å². The average Bonchev–Trinajstić information content (AvgIpc) is 2.92. The minimum Gasteiger partial charge on any atom is -0.329 e. The lowest BCUT2D eigenvalue weighted by Crippen LogP contribution is -2.38. The van der Waals surface area contributed by atoms with Crippen LogP contribution in [0, 0.1) is 16.0 Å². The predicted molar refractivity (Wildman–Crippen MR) is 95.0 cm³/mol. The van der Waals surface area contributed by atoms with Crippen molar-refractivity contribution >= 4 is 29.0 Å². The van der Waals surface area contributed by atoms with Crippen molar-refractivity contribution in [3.8, 4) is 0 Å². The number of urea groups is 1. The number of hydrogen-bond acceptors (Lipinski definition) is 5. The molecule has 0 radical (unpaired) electrons. The van der Waals surface area contributed by atoms with Gasteiger partial charge in [-0.25, -0.2) is 9.79 Å². The Kier molecular flexibility index (Phi) is 3.88. The fraction of sp³-hybridized carbons (Fsp3) is 0.158. The minimum atomic E-state index is -1.12. The lowest BCUT2D eigenvalue weighted by atomic mass is 9.89. The van der Waals surface area contributed by atoms with Crippen molar-refractivity contribution in [2.45, 2.75) is 12.5 Å². The Morgan fingerprint density at radius 3 is 2.30 bits per heavy atom. The van der Waals surface area contributed by atoms with Gasteiger partial charge in [0.15, 0.2) is 11.6 Å². The molecule has 0 saturated carbocycles. The fourth-order valence-electron chi connectivity index (χ4n) is 3.50. The topological polar surface area (TPSA) is 119 Å². The van der Waals surface area contributed by atoms with E-state index in [-0.39, 0.29) is 29.4 Å². The van der Waals surface area contributed by atoms with Gasteiger partial charge in [0.05, 0.1) is 11.0 Å². The van der Waals surface area contributed by atoms with E-state index in [1.807, 2.05) is 0 Å². The predicted octanol–water partition coefficient (Wildman–Crippen LogP) is 2.89. The van der Waals surface area contributed by atoms with E-state index in [1.54, 1.807) is 30.3 Å². The molecule has 2 aromatic rings. The Bertz CT molecular complexity index is 1010. The Morgan fingerprint density at radius 2 is 1.67 bits per heavy atom. The van der Waals surface area contributed by atoms with Crippen molar-refractivity contribution < 1.29 is 19.3 Å². The lowest BCUT2D eigenvalue weighted by Gasteiger charge is -2.25. The van der Waals surface area contributed by atoms with Crippen LogP contribution in [0.3, 0.4) is 0 Å². The zero-order chi connectivity index (χ0) is 19.1. The molecule has 1 heterocycles. The lowest BCUT2D eigenvalue weighted by molar-refractivity contribution is -0.384. The molecule has 1 aliphatic carbocycles. The number of nitrogens with zero attached hydrogens (tertiary/aromatic N) is 2. The molecule has 2 amide bonds. The highest BCUT2D eigenvalue weighted by atomic mass is 16.6. The first-order chi connectivity index (χ1) is 13.0. The van der Waals surface area contributed by atoms with Crippen LogP contribution in [0.25, 0.3) is 0 Å². The van der Waals surface area contributed by atoms with Crippen LogP contribution in [0.1, 0.15) is 38.7 Å². The van der Waals surface area contributed by atoms with Gasteiger partial charge in [0.1, 0.15) is 5.92 Å². The SMILES string of the molecule is O=C1N=C(C2C(=O)c3ccccc3C2=O)CC(c2cccc([N+](=O)[O-])c2)N1. The van der Waals surface area contributed by atoms with E-state index in [0.29, 0.717) is 16.7 Å². The van der Waals surface area contributed by atoms with Gasteiger partial charge in [-0.2, -0.15) is 0 Å². The number of nitrogens with one attached hydrogen (secondary N) is 1. The highest BCUT2D eigenvalue weighted by molar-refractivity contribution is 6.37. The van der Waals surface area contributed by atoms with Gasteiger partial charge in [-0.05, 0) is 5.56 Å². The third-order valence-corrected chi connectivity index (χ3v) is 4.76. The average molecular weight is 363 g/mol. The molecule has 134 valence electrons. The molecular formula is C19H13N3O5. The molecular weight excluding hydrogens is 350 g/mol. The summed E-state index contributed by atoms with van der Waals surface area (Å²) in [6.07, 6.45) is 0.128. The number of carbonyl (C=O) groups excluding carboxylic acids is 3. The van der Waals surface area contributed by atoms with Crippen LogP contribution in [0.2, 0.25) is 0 Å². The van der Waals surface area contributed by atoms with Crippen molar-refractivity contribution in [1.82, 2.24) is 5.32 Å². The van der Waals surface area contributed by atoms with Crippen LogP contribution in [0.4, 0.5) is 10.5 Å². The number of non-ortho nitro benzene ring substituents is 1. The summed E-state index contributed by atoms with van der Waals surface area (Å²) in [5.41, 5.74) is 1.24. The van der Waals surface area contributed by atoms with E-state index in [9.17, 15) is 24.5 Å². The number of Topliss-reactive ketones (excluding diaryl/α,β-unsaturated/α-hetero) is 2. The van der Waals surface area contributed by atoms with Gasteiger partial charge in [0.2, 0.25) is 0 Å². The maximum absolute atomic E-state index is 12.7. The standard InChI is InChI=1S/C19H13N3O5/c23-17-12-6-1-2-7-13(12)18(24)16(17)15-9-14(20-19(25)21-15)10-4-3-5-11(8-10)22(26)27/h1-8,14,16H,9H2,(H,20,25). The number of aliphatic imine (C=N–C) groups is 1. The van der Waals surface area contributed by atoms with Gasteiger partial charge in [0, 0.05) is 35.4 Å². The Hall–Kier alpha value is -3.68. The number of rotatable bonds is 3. The number of benzene rings is 2. The Balaban J connectivity index is 1.67. The van der Waals surface area contributed by atoms with Gasteiger partial charge in [-0.3, -0.25) is 19.7 Å². The second kappa shape index (κ2) is 6.24. The van der Waals surface area contributed by atoms with E-state index in [4.69, 9.17) is 0 Å². The number of fused-ring (bicyclic) bond motifs is 1. The van der Waals surface area contributed by atoms with Crippen LogP contribution in [-0.4, -0.2) is 28.2 Å². The summed E-state index contributed by atoms with van der Waals surface area (Å²) >= 11 is 0. The number of amides is 2. The molecule has 0 aromatic heterocycles. The molecule has 2 aromatic carbocycles. The summed E-state index contributed by atoms with van der Waals surface area (Å²) in [4.78, 5) is 51.8. The Labute approximate surface area is 153 Å². The van der Waals surface area contributed by atoms with E-state index >= 15 is 0 Å². The maximum atomic E-state index is 12.7. The monoisotopic (exact) mass is 363 g/mol. The quantitative estimate of drug-likeness (QED) is 0.511. The van der Waals surface area contributed by atoms with Gasteiger partial charge >= 0.3 is 6.03 Å². The fourth-order valence-corrected chi connectivity index (χ4v) is 3.50. The minimum absolute atomic E-state index is 0.105. The highest BCUT2D eigenvalue weighted by Crippen LogP contribution is 2.32. The van der Waals surface area contributed by atoms with E-state index in [0.717, 1.165) is 0 Å². The molecule has 0 fully saturated rings. The molecule has 1 atom stereocenters. The number of ketones is 2. The summed E-state index contributed by atoms with van der Waals surface area (Å²) in [5, 5.41) is 13.6. The van der Waals surface area contributed by atoms with Crippen molar-refractivity contribution in [3.63, 3.8) is 0 Å². The van der Waals surface area contributed by atoms with Crippen molar-refractivity contribution in [3.05, 3.63) is 75.3 Å². The van der Waals surface area contributed by atoms with Crippen molar-refractivity contribution in [1.29, 1.82) is 0 Å². The Morgan fingerprint density at radius 1 is 1.00 bits per heavy atom. The first-order valence-corrected chi connectivity index (χ1v) is 8.25. The van der Waals surface area contributed by atoms with E-state index < -0.39 is 22.9 Å². The van der Waals surface area contributed by atoms with Gasteiger partial charge < -0.3 is 5.32 Å². The number of nitro benzene ring substituents is 1. The molecule has 4 rings (SSSR count). The van der Waals surface area contributed by atoms with Crippen LogP contribution in [0.15, 0.2) is 53.5 Å². The first kappa shape index (κ1) is 16.8. The van der Waals surface area contributed by atoms with Crippen LogP contribution >= 0.6 is 0 Å². The van der Waals surface area contributed by atoms with Crippen LogP contribution in [-0.2, 0) is 0 Å². The number of nitro groups is 1. The molecule has 1 N–H and O–H groups in total. The smallest absolute Gasteiger partial charge is 0.329 e. The molecule has 1 aliphatic heterocycles. The summed E-state index contributed by atoms with van der Waals surface area (Å²) in [6, 6.07) is 11.1. The van der Waals surface area contributed by atoms with Crippen LogP contribution in [0.5, 0.6) is 0 Å². The van der Waals surface area contributed by atoms with Crippen LogP contribution < -0.4 is 5.32 Å². The summed E-state index contributed by atoms with van der Waals surface area (Å²) in [7, 11) is 0. The number of hydrogen-bond donors (Lipinski definition) is 1. The highest BCUT2D eigenvalue weighted by Gasteiger charge is 2.43. The maximum Gasteiger partial charge on any atom is 0.341 e. The van der Waals surface area contributed by atoms with Crippen molar-refractivity contribution in [2.24, 2.45) is 10.9 Å². The third-order valence-electron chi connectivity index (χ3n) is 4.76. The summed E-state index contributed by atoms with van der Waals surface area (Å²) < 4.78 is 0. The molecule has 0 saturated heterocycles. The molecule has 8 nitrogen and oxygen atoms in total. The number of carbonyl (C=O) groups is 3.